The molecule has 70 valence electrons. The maximum Gasteiger partial charge on any atom is 0.269 e. The molecule has 0 spiro atoms. The summed E-state index contributed by atoms with van der Waals surface area (Å²) < 4.78 is 11.2. The fraction of sp³-hybridized carbons (Fsp3) is 0.143. The molecule has 0 amide bonds. The summed E-state index contributed by atoms with van der Waals surface area (Å²) in [6.45, 7) is 0. The highest BCUT2D eigenvalue weighted by Crippen LogP contribution is 2.18. The summed E-state index contributed by atoms with van der Waals surface area (Å²) in [7, 11) is 0.0767. The third-order valence-corrected chi connectivity index (χ3v) is 3.84. The lowest BCUT2D eigenvalue weighted by Crippen LogP contribution is -1.89. The molecule has 0 aromatic heterocycles. The Hall–Kier alpha value is -0.880. The van der Waals surface area contributed by atoms with Crippen molar-refractivity contribution in [3.63, 3.8) is 0 Å². The first-order valence-electron chi connectivity index (χ1n) is 3.36. The van der Waals surface area contributed by atoms with Crippen LogP contribution in [-0.4, -0.2) is 15.4 Å². The highest BCUT2D eigenvalue weighted by Gasteiger charge is 2.06. The quantitative estimate of drug-likeness (QED) is 0.441. The molecule has 0 saturated carbocycles. The summed E-state index contributed by atoms with van der Waals surface area (Å²) in [4.78, 5) is 10.4. The Morgan fingerprint density at radius 2 is 1.92 bits per heavy atom. The van der Waals surface area contributed by atoms with Crippen LogP contribution >= 0.6 is 10.8 Å². The average molecular weight is 217 g/mol. The second-order valence-corrected chi connectivity index (χ2v) is 5.33. The van der Waals surface area contributed by atoms with Gasteiger partial charge in [-0.25, -0.2) is 4.21 Å². The van der Waals surface area contributed by atoms with Gasteiger partial charge in [0.1, 0.15) is 9.83 Å². The fourth-order valence-electron chi connectivity index (χ4n) is 0.775. The molecule has 1 unspecified atom stereocenters. The number of rotatable bonds is 3. The monoisotopic (exact) mass is 217 g/mol. The highest BCUT2D eigenvalue weighted by atomic mass is 33.1. The van der Waals surface area contributed by atoms with Crippen molar-refractivity contribution >= 4 is 26.3 Å². The zero-order valence-corrected chi connectivity index (χ0v) is 8.43. The van der Waals surface area contributed by atoms with Crippen molar-refractivity contribution < 1.29 is 9.13 Å². The molecule has 6 heteroatoms. The highest BCUT2D eigenvalue weighted by molar-refractivity contribution is 8.68. The molecule has 1 aromatic carbocycles. The minimum atomic E-state index is -1.12. The molecule has 0 aliphatic carbocycles. The first kappa shape index (κ1) is 10.2. The van der Waals surface area contributed by atoms with E-state index in [1.54, 1.807) is 6.26 Å². The Morgan fingerprint density at radius 3 is 2.31 bits per heavy atom. The van der Waals surface area contributed by atoms with Crippen LogP contribution in [0.2, 0.25) is 0 Å². The van der Waals surface area contributed by atoms with Crippen LogP contribution in [-0.2, 0) is 9.83 Å². The number of benzene rings is 1. The lowest BCUT2D eigenvalue weighted by Gasteiger charge is -1.96. The summed E-state index contributed by atoms with van der Waals surface area (Å²) >= 11 is 0. The molecular weight excluding hydrogens is 210 g/mol. The van der Waals surface area contributed by atoms with Crippen molar-refractivity contribution in [3.05, 3.63) is 34.4 Å². The smallest absolute Gasteiger partial charge is 0.258 e. The van der Waals surface area contributed by atoms with Crippen molar-refractivity contribution in [1.29, 1.82) is 0 Å². The number of hydrogen-bond acceptors (Lipinski definition) is 4. The van der Waals surface area contributed by atoms with Gasteiger partial charge in [-0.15, -0.1) is 0 Å². The minimum absolute atomic E-state index is 0.0156. The lowest BCUT2D eigenvalue weighted by atomic mass is 10.3. The molecule has 0 aliphatic heterocycles. The van der Waals surface area contributed by atoms with Crippen molar-refractivity contribution in [2.75, 3.05) is 6.26 Å². The molecule has 0 bridgehead atoms. The van der Waals surface area contributed by atoms with Crippen molar-refractivity contribution in [2.24, 2.45) is 0 Å². The van der Waals surface area contributed by atoms with E-state index in [0.29, 0.717) is 4.90 Å². The molecule has 13 heavy (non-hydrogen) atoms. The van der Waals surface area contributed by atoms with Gasteiger partial charge in [-0.05, 0) is 18.4 Å². The van der Waals surface area contributed by atoms with Gasteiger partial charge in [0.15, 0.2) is 0 Å². The molecule has 0 radical (unpaired) electrons. The van der Waals surface area contributed by atoms with E-state index in [4.69, 9.17) is 0 Å². The van der Waals surface area contributed by atoms with Crippen LogP contribution in [0.25, 0.3) is 0 Å². The third kappa shape index (κ3) is 2.53. The predicted molar refractivity (Wildman–Crippen MR) is 53.0 cm³/mol. The Balaban J connectivity index is 2.93. The topological polar surface area (TPSA) is 60.2 Å². The zero-order chi connectivity index (χ0) is 9.84. The Bertz CT molecular complexity index is 336. The summed E-state index contributed by atoms with van der Waals surface area (Å²) in [5, 5.41) is 10.3. The molecule has 0 fully saturated rings. The number of nitrogens with zero attached hydrogens (tertiary/aromatic N) is 1. The van der Waals surface area contributed by atoms with Gasteiger partial charge in [-0.3, -0.25) is 10.1 Å². The van der Waals surface area contributed by atoms with Crippen LogP contribution in [0.15, 0.2) is 29.2 Å². The Morgan fingerprint density at radius 1 is 1.38 bits per heavy atom. The molecule has 0 saturated heterocycles. The maximum absolute atomic E-state index is 11.2. The van der Waals surface area contributed by atoms with E-state index < -0.39 is 14.8 Å². The van der Waals surface area contributed by atoms with Gasteiger partial charge in [-0.2, -0.15) is 0 Å². The Kier molecular flexibility index (Phi) is 3.44. The molecule has 1 rings (SSSR count). The Labute approximate surface area is 81.3 Å². The van der Waals surface area contributed by atoms with Crippen molar-refractivity contribution in [2.45, 2.75) is 4.90 Å². The number of non-ortho nitro benzene ring substituents is 1. The molecule has 0 N–H and O–H groups in total. The second kappa shape index (κ2) is 4.38. The standard InChI is InChI=1S/C7H7NO3S2/c1-12-13(11)7-4-2-6(3-5-7)8(9)10/h2-5H,1H3. The van der Waals surface area contributed by atoms with Gasteiger partial charge < -0.3 is 0 Å². The van der Waals surface area contributed by atoms with Crippen LogP contribution in [0, 0.1) is 10.1 Å². The van der Waals surface area contributed by atoms with Crippen molar-refractivity contribution in [3.8, 4) is 0 Å². The zero-order valence-electron chi connectivity index (χ0n) is 6.80. The van der Waals surface area contributed by atoms with Crippen LogP contribution in [0.4, 0.5) is 5.69 Å². The summed E-state index contributed by atoms with van der Waals surface area (Å²) in [5.74, 6) is 0. The van der Waals surface area contributed by atoms with Gasteiger partial charge in [-0.1, -0.05) is 10.8 Å². The molecular formula is C7H7NO3S2. The van der Waals surface area contributed by atoms with E-state index in [0.717, 1.165) is 0 Å². The molecule has 0 heterocycles. The first-order chi connectivity index (χ1) is 6.15. The van der Waals surface area contributed by atoms with Gasteiger partial charge >= 0.3 is 0 Å². The molecule has 4 nitrogen and oxygen atoms in total. The van der Waals surface area contributed by atoms with Crippen LogP contribution in [0.3, 0.4) is 0 Å². The lowest BCUT2D eigenvalue weighted by molar-refractivity contribution is -0.384. The van der Waals surface area contributed by atoms with Crippen LogP contribution in [0.1, 0.15) is 0 Å². The second-order valence-electron chi connectivity index (χ2n) is 2.15. The number of nitro groups is 1. The summed E-state index contributed by atoms with van der Waals surface area (Å²) in [6, 6.07) is 5.71. The van der Waals surface area contributed by atoms with Gasteiger partial charge in [0.2, 0.25) is 0 Å². The van der Waals surface area contributed by atoms with Crippen LogP contribution < -0.4 is 0 Å². The van der Waals surface area contributed by atoms with E-state index in [9.17, 15) is 14.3 Å². The van der Waals surface area contributed by atoms with Gasteiger partial charge in [0.25, 0.3) is 5.69 Å². The number of nitro benzene ring substituents is 1. The SMILES string of the molecule is CSS(=O)c1ccc([N+](=O)[O-])cc1. The molecule has 1 aromatic rings. The number of hydrogen-bond donors (Lipinski definition) is 0. The fourth-order valence-corrected chi connectivity index (χ4v) is 2.24. The van der Waals surface area contributed by atoms with Gasteiger partial charge in [0, 0.05) is 12.1 Å². The average Bonchev–Trinajstić information content (AvgIpc) is 2.17. The molecule has 1 atom stereocenters. The largest absolute Gasteiger partial charge is 0.269 e. The minimum Gasteiger partial charge on any atom is -0.258 e. The summed E-state index contributed by atoms with van der Waals surface area (Å²) in [6.07, 6.45) is 1.72. The van der Waals surface area contributed by atoms with E-state index in [1.165, 1.54) is 35.1 Å². The van der Waals surface area contributed by atoms with E-state index >= 15 is 0 Å². The normalized spacial score (nSPS) is 12.4. The predicted octanol–water partition coefficient (Wildman–Crippen LogP) is 1.98. The maximum atomic E-state index is 11.2. The third-order valence-electron chi connectivity index (χ3n) is 1.39. The van der Waals surface area contributed by atoms with E-state index in [-0.39, 0.29) is 5.69 Å². The van der Waals surface area contributed by atoms with Crippen LogP contribution in [0.5, 0.6) is 0 Å². The van der Waals surface area contributed by atoms with E-state index in [2.05, 4.69) is 0 Å². The first-order valence-corrected chi connectivity index (χ1v) is 6.25. The molecule has 0 aliphatic rings. The van der Waals surface area contributed by atoms with E-state index in [1.807, 2.05) is 0 Å². The van der Waals surface area contributed by atoms with Crippen molar-refractivity contribution in [1.82, 2.24) is 0 Å². The summed E-state index contributed by atoms with van der Waals surface area (Å²) in [5.41, 5.74) is 0.0156. The van der Waals surface area contributed by atoms with Gasteiger partial charge in [0.05, 0.1) is 9.82 Å².